The van der Waals surface area contributed by atoms with E-state index in [-0.39, 0.29) is 24.4 Å². The maximum Gasteiger partial charge on any atom is 0.416 e. The molecule has 1 amide bonds. The number of nitrogens with one attached hydrogen (secondary N) is 1. The SMILES string of the molecule is Cc1cc(C(=O)NCCc2ccccc2C(F)(F)F)c2c(C)nn(C)c2n1. The third kappa shape index (κ3) is 3.79. The summed E-state index contributed by atoms with van der Waals surface area (Å²) < 4.78 is 40.8. The molecule has 27 heavy (non-hydrogen) atoms. The smallest absolute Gasteiger partial charge is 0.352 e. The first-order valence-electron chi connectivity index (χ1n) is 8.42. The fraction of sp³-hybridized carbons (Fsp3) is 0.316. The van der Waals surface area contributed by atoms with Gasteiger partial charge in [0.15, 0.2) is 5.65 Å². The number of hydrogen-bond acceptors (Lipinski definition) is 3. The molecule has 142 valence electrons. The number of alkyl halides is 3. The minimum atomic E-state index is -4.41. The molecule has 0 radical (unpaired) electrons. The predicted molar refractivity (Wildman–Crippen MR) is 95.5 cm³/mol. The topological polar surface area (TPSA) is 59.8 Å². The number of benzene rings is 1. The average Bonchev–Trinajstić information content (AvgIpc) is 2.87. The van der Waals surface area contributed by atoms with Gasteiger partial charge in [-0.1, -0.05) is 18.2 Å². The Balaban J connectivity index is 1.80. The van der Waals surface area contributed by atoms with Crippen LogP contribution in [-0.4, -0.2) is 27.2 Å². The Morgan fingerprint density at radius 1 is 1.22 bits per heavy atom. The molecular weight excluding hydrogens is 357 g/mol. The lowest BCUT2D eigenvalue weighted by Crippen LogP contribution is -2.26. The van der Waals surface area contributed by atoms with Crippen LogP contribution in [0.25, 0.3) is 11.0 Å². The molecule has 2 heterocycles. The van der Waals surface area contributed by atoms with Crippen LogP contribution in [0, 0.1) is 13.8 Å². The largest absolute Gasteiger partial charge is 0.416 e. The number of nitrogens with zero attached hydrogens (tertiary/aromatic N) is 3. The molecule has 8 heteroatoms. The van der Waals surface area contributed by atoms with E-state index in [4.69, 9.17) is 0 Å². The van der Waals surface area contributed by atoms with Crippen molar-refractivity contribution in [1.82, 2.24) is 20.1 Å². The predicted octanol–water partition coefficient (Wildman–Crippen LogP) is 3.58. The Morgan fingerprint density at radius 3 is 2.63 bits per heavy atom. The quantitative estimate of drug-likeness (QED) is 0.757. The van der Waals surface area contributed by atoms with Crippen molar-refractivity contribution in [2.75, 3.05) is 6.54 Å². The highest BCUT2D eigenvalue weighted by atomic mass is 19.4. The van der Waals surface area contributed by atoms with Crippen LogP contribution in [0.1, 0.15) is 32.9 Å². The molecule has 0 spiro atoms. The average molecular weight is 376 g/mol. The third-order valence-corrected chi connectivity index (χ3v) is 4.34. The molecule has 0 saturated heterocycles. The molecule has 0 saturated carbocycles. The number of carbonyl (C=O) groups excluding carboxylic acids is 1. The lowest BCUT2D eigenvalue weighted by molar-refractivity contribution is -0.138. The van der Waals surface area contributed by atoms with Crippen molar-refractivity contribution in [3.8, 4) is 0 Å². The Bertz CT molecular complexity index is 1010. The lowest BCUT2D eigenvalue weighted by atomic mass is 10.0. The van der Waals surface area contributed by atoms with Crippen LogP contribution in [0.3, 0.4) is 0 Å². The van der Waals surface area contributed by atoms with E-state index in [0.29, 0.717) is 28.0 Å². The van der Waals surface area contributed by atoms with Crippen molar-refractivity contribution in [2.24, 2.45) is 7.05 Å². The zero-order chi connectivity index (χ0) is 19.8. The van der Waals surface area contributed by atoms with Crippen molar-refractivity contribution >= 4 is 16.9 Å². The molecule has 1 aromatic carbocycles. The van der Waals surface area contributed by atoms with E-state index in [9.17, 15) is 18.0 Å². The number of rotatable bonds is 4. The molecule has 0 aliphatic rings. The number of aromatic nitrogens is 3. The number of fused-ring (bicyclic) bond motifs is 1. The van der Waals surface area contributed by atoms with E-state index in [2.05, 4.69) is 15.4 Å². The second-order valence-corrected chi connectivity index (χ2v) is 6.38. The maximum absolute atomic E-state index is 13.1. The summed E-state index contributed by atoms with van der Waals surface area (Å²) in [5.41, 5.74) is 1.83. The molecule has 0 unspecified atom stereocenters. The second-order valence-electron chi connectivity index (χ2n) is 6.38. The molecule has 0 aliphatic heterocycles. The molecule has 0 bridgehead atoms. The Hall–Kier alpha value is -2.90. The van der Waals surface area contributed by atoms with E-state index < -0.39 is 11.7 Å². The fourth-order valence-electron chi connectivity index (χ4n) is 3.17. The fourth-order valence-corrected chi connectivity index (χ4v) is 3.17. The van der Waals surface area contributed by atoms with Gasteiger partial charge in [-0.05, 0) is 38.0 Å². The molecule has 3 aromatic rings. The van der Waals surface area contributed by atoms with Gasteiger partial charge >= 0.3 is 6.18 Å². The van der Waals surface area contributed by atoms with Crippen LogP contribution in [0.15, 0.2) is 30.3 Å². The van der Waals surface area contributed by atoms with Crippen LogP contribution >= 0.6 is 0 Å². The van der Waals surface area contributed by atoms with E-state index in [1.165, 1.54) is 12.1 Å². The van der Waals surface area contributed by atoms with Gasteiger partial charge in [-0.2, -0.15) is 18.3 Å². The van der Waals surface area contributed by atoms with Gasteiger partial charge in [-0.25, -0.2) is 4.98 Å². The summed E-state index contributed by atoms with van der Waals surface area (Å²) in [6.07, 6.45) is -4.33. The minimum absolute atomic E-state index is 0.0840. The van der Waals surface area contributed by atoms with E-state index in [1.807, 2.05) is 0 Å². The molecule has 0 aliphatic carbocycles. The summed E-state index contributed by atoms with van der Waals surface area (Å²) in [6, 6.07) is 7.05. The summed E-state index contributed by atoms with van der Waals surface area (Å²) in [6.45, 7) is 3.65. The number of carbonyl (C=O) groups is 1. The zero-order valence-electron chi connectivity index (χ0n) is 15.2. The monoisotopic (exact) mass is 376 g/mol. The maximum atomic E-state index is 13.1. The zero-order valence-corrected chi connectivity index (χ0v) is 15.2. The molecule has 0 atom stereocenters. The number of amides is 1. The normalized spacial score (nSPS) is 11.8. The molecule has 2 aromatic heterocycles. The number of halogens is 3. The summed E-state index contributed by atoms with van der Waals surface area (Å²) in [5.74, 6) is -0.355. The molecule has 0 fully saturated rings. The lowest BCUT2D eigenvalue weighted by Gasteiger charge is -2.13. The standard InChI is InChI=1S/C19H19F3N4O/c1-11-10-14(16-12(2)25-26(3)17(16)24-11)18(27)23-9-8-13-6-4-5-7-15(13)19(20,21)22/h4-7,10H,8-9H2,1-3H3,(H,23,27). The summed E-state index contributed by atoms with van der Waals surface area (Å²) in [4.78, 5) is 17.0. The Morgan fingerprint density at radius 2 is 1.93 bits per heavy atom. The van der Waals surface area contributed by atoms with Gasteiger partial charge in [0, 0.05) is 19.3 Å². The van der Waals surface area contributed by atoms with Gasteiger partial charge in [0.25, 0.3) is 5.91 Å². The van der Waals surface area contributed by atoms with Crippen LogP contribution in [0.2, 0.25) is 0 Å². The molecule has 3 rings (SSSR count). The van der Waals surface area contributed by atoms with Gasteiger partial charge in [0.05, 0.1) is 22.2 Å². The highest BCUT2D eigenvalue weighted by molar-refractivity contribution is 6.06. The van der Waals surface area contributed by atoms with Crippen LogP contribution in [0.4, 0.5) is 13.2 Å². The molecular formula is C19H19F3N4O. The molecule has 1 N–H and O–H groups in total. The summed E-state index contributed by atoms with van der Waals surface area (Å²) in [5, 5.41) is 7.65. The Labute approximate surface area is 154 Å². The van der Waals surface area contributed by atoms with E-state index in [0.717, 1.165) is 6.07 Å². The van der Waals surface area contributed by atoms with Gasteiger partial charge in [-0.15, -0.1) is 0 Å². The van der Waals surface area contributed by atoms with Crippen molar-refractivity contribution in [2.45, 2.75) is 26.4 Å². The third-order valence-electron chi connectivity index (χ3n) is 4.34. The van der Waals surface area contributed by atoms with E-state index in [1.54, 1.807) is 37.7 Å². The summed E-state index contributed by atoms with van der Waals surface area (Å²) in [7, 11) is 1.75. The molecule has 5 nitrogen and oxygen atoms in total. The first-order chi connectivity index (χ1) is 12.7. The van der Waals surface area contributed by atoms with E-state index >= 15 is 0 Å². The Kier molecular flexibility index (Phi) is 4.91. The van der Waals surface area contributed by atoms with Gasteiger partial charge in [-0.3, -0.25) is 9.48 Å². The van der Waals surface area contributed by atoms with Gasteiger partial charge < -0.3 is 5.32 Å². The second kappa shape index (κ2) is 7.02. The summed E-state index contributed by atoms with van der Waals surface area (Å²) >= 11 is 0. The van der Waals surface area contributed by atoms with Gasteiger partial charge in [0.1, 0.15) is 0 Å². The van der Waals surface area contributed by atoms with Crippen LogP contribution < -0.4 is 5.32 Å². The van der Waals surface area contributed by atoms with Crippen LogP contribution in [-0.2, 0) is 19.6 Å². The highest BCUT2D eigenvalue weighted by Crippen LogP contribution is 2.32. The number of aryl methyl sites for hydroxylation is 3. The highest BCUT2D eigenvalue weighted by Gasteiger charge is 2.32. The first kappa shape index (κ1) is 18.9. The number of pyridine rings is 1. The van der Waals surface area contributed by atoms with Crippen LogP contribution in [0.5, 0.6) is 0 Å². The van der Waals surface area contributed by atoms with Crippen molar-refractivity contribution in [3.63, 3.8) is 0 Å². The van der Waals surface area contributed by atoms with Crippen molar-refractivity contribution < 1.29 is 18.0 Å². The first-order valence-corrected chi connectivity index (χ1v) is 8.42. The van der Waals surface area contributed by atoms with Crippen molar-refractivity contribution in [3.05, 3.63) is 58.4 Å². The van der Waals surface area contributed by atoms with Crippen molar-refractivity contribution in [1.29, 1.82) is 0 Å². The number of hydrogen-bond donors (Lipinski definition) is 1. The minimum Gasteiger partial charge on any atom is -0.352 e. The van der Waals surface area contributed by atoms with Gasteiger partial charge in [0.2, 0.25) is 0 Å².